The van der Waals surface area contributed by atoms with Crippen LogP contribution < -0.4 is 12.4 Å². The molecule has 0 fully saturated rings. The molecule has 0 aliphatic rings. The number of Topliss-reactive ketones (excluding diaryl/α,β-unsaturated/α-hetero) is 1. The Hall–Kier alpha value is -1.27. The second-order valence-corrected chi connectivity index (χ2v) is 5.22. The summed E-state index contributed by atoms with van der Waals surface area (Å²) in [6.07, 6.45) is 0. The fourth-order valence-electron chi connectivity index (χ4n) is 1.61. The van der Waals surface area contributed by atoms with Gasteiger partial charge in [0.15, 0.2) is 5.78 Å². The Morgan fingerprint density at radius 3 is 1.71 bits per heavy atom. The number of phenols is 2. The Morgan fingerprint density at radius 2 is 1.42 bits per heavy atom. The summed E-state index contributed by atoms with van der Waals surface area (Å²) in [6.45, 7) is 4.83. The smallest absolute Gasteiger partial charge is 1.00 e. The summed E-state index contributed by atoms with van der Waals surface area (Å²) in [4.78, 5) is 10.7. The number of rotatable bonds is 2. The maximum Gasteiger partial charge on any atom is 2.00 e. The van der Waals surface area contributed by atoms with E-state index in [1.54, 1.807) is 50.2 Å². The standard InChI is InChI=1S/C9H12O2.C8H8O2.CH3.ClH.Mg/c1-9(2,11)7-4-3-5-8(10)6-7;1-6(9)7-3-2-4-8(10)5-7;;;/h3-6,10-11H,1-2H3;2-5,10H,1H3;1H3;1H;/q;;-1;;+2/p-1. The van der Waals surface area contributed by atoms with Gasteiger partial charge in [-0.3, -0.25) is 4.79 Å². The third-order valence-corrected chi connectivity index (χ3v) is 2.81. The summed E-state index contributed by atoms with van der Waals surface area (Å²) in [5.74, 6) is 0.285. The van der Waals surface area contributed by atoms with Gasteiger partial charge in [0.1, 0.15) is 11.5 Å². The molecule has 3 N–H and O–H groups in total. The van der Waals surface area contributed by atoms with E-state index in [2.05, 4.69) is 0 Å². The van der Waals surface area contributed by atoms with Gasteiger partial charge in [-0.1, -0.05) is 24.3 Å². The van der Waals surface area contributed by atoms with Gasteiger partial charge in [-0.05, 0) is 50.6 Å². The molecule has 2 rings (SSSR count). The first-order valence-electron chi connectivity index (χ1n) is 6.52. The van der Waals surface area contributed by atoms with E-state index in [0.29, 0.717) is 5.56 Å². The molecule has 24 heavy (non-hydrogen) atoms. The van der Waals surface area contributed by atoms with Crippen LogP contribution in [0.3, 0.4) is 0 Å². The Bertz CT molecular complexity index is 624. The van der Waals surface area contributed by atoms with Gasteiger partial charge < -0.3 is 35.2 Å². The van der Waals surface area contributed by atoms with Crippen LogP contribution in [0.5, 0.6) is 11.5 Å². The van der Waals surface area contributed by atoms with Crippen LogP contribution in [0.2, 0.25) is 0 Å². The van der Waals surface area contributed by atoms with Crippen molar-refractivity contribution < 1.29 is 32.5 Å². The van der Waals surface area contributed by atoms with Crippen LogP contribution in [0.4, 0.5) is 0 Å². The Balaban J connectivity index is -0.000000328. The number of aliphatic hydroxyl groups is 1. The van der Waals surface area contributed by atoms with Gasteiger partial charge in [-0.15, -0.1) is 0 Å². The SMILES string of the molecule is CC(=O)c1cccc(O)c1.CC(C)(O)c1cccc(O)c1.[CH3-].[Cl-].[Mg+2]. The van der Waals surface area contributed by atoms with Crippen LogP contribution >= 0.6 is 0 Å². The van der Waals surface area contributed by atoms with Crippen LogP contribution in [0.15, 0.2) is 48.5 Å². The van der Waals surface area contributed by atoms with E-state index in [9.17, 15) is 9.90 Å². The third kappa shape index (κ3) is 9.77. The summed E-state index contributed by atoms with van der Waals surface area (Å²) in [5.41, 5.74) is 0.385. The Morgan fingerprint density at radius 1 is 0.958 bits per heavy atom. The monoisotopic (exact) mass is 362 g/mol. The molecule has 0 aromatic heterocycles. The molecule has 0 heterocycles. The van der Waals surface area contributed by atoms with Crippen LogP contribution in [-0.4, -0.2) is 44.2 Å². The van der Waals surface area contributed by atoms with Crippen LogP contribution in [-0.2, 0) is 5.60 Å². The molecule has 128 valence electrons. The molecule has 0 amide bonds. The summed E-state index contributed by atoms with van der Waals surface area (Å²) in [7, 11) is 0. The molecule has 6 heteroatoms. The van der Waals surface area contributed by atoms with Crippen LogP contribution in [0, 0.1) is 7.43 Å². The molecular formula is C18H23ClMgO4. The number of hydrogen-bond donors (Lipinski definition) is 3. The minimum Gasteiger partial charge on any atom is -1.00 e. The van der Waals surface area contributed by atoms with Crippen molar-refractivity contribution in [1.82, 2.24) is 0 Å². The van der Waals surface area contributed by atoms with Gasteiger partial charge in [-0.2, -0.15) is 0 Å². The fourth-order valence-corrected chi connectivity index (χ4v) is 1.61. The fraction of sp³-hybridized carbons (Fsp3) is 0.222. The molecule has 4 nitrogen and oxygen atoms in total. The van der Waals surface area contributed by atoms with E-state index >= 15 is 0 Å². The zero-order chi connectivity index (χ0) is 16.0. The molecule has 0 saturated heterocycles. The zero-order valence-electron chi connectivity index (χ0n) is 14.5. The van der Waals surface area contributed by atoms with Crippen molar-refractivity contribution in [2.45, 2.75) is 26.4 Å². The predicted octanol–water partition coefficient (Wildman–Crippen LogP) is 0.288. The molecule has 0 aliphatic carbocycles. The molecule has 0 aliphatic heterocycles. The van der Waals surface area contributed by atoms with Gasteiger partial charge in [-0.25, -0.2) is 0 Å². The first-order chi connectivity index (χ1) is 9.70. The van der Waals surface area contributed by atoms with Crippen molar-refractivity contribution in [2.24, 2.45) is 0 Å². The van der Waals surface area contributed by atoms with E-state index in [-0.39, 0.29) is 60.2 Å². The van der Waals surface area contributed by atoms with E-state index in [4.69, 9.17) is 10.2 Å². The quantitative estimate of drug-likeness (QED) is 0.407. The second-order valence-electron chi connectivity index (χ2n) is 5.22. The predicted molar refractivity (Wildman–Crippen MR) is 93.6 cm³/mol. The molecule has 0 bridgehead atoms. The van der Waals surface area contributed by atoms with Gasteiger partial charge in [0.2, 0.25) is 0 Å². The van der Waals surface area contributed by atoms with Crippen molar-refractivity contribution in [3.63, 3.8) is 0 Å². The van der Waals surface area contributed by atoms with Crippen molar-refractivity contribution in [2.75, 3.05) is 0 Å². The average molecular weight is 363 g/mol. The van der Waals surface area contributed by atoms with Gasteiger partial charge in [0.05, 0.1) is 5.60 Å². The van der Waals surface area contributed by atoms with E-state index in [1.807, 2.05) is 0 Å². The average Bonchev–Trinajstić information content (AvgIpc) is 2.38. The largest absolute Gasteiger partial charge is 2.00 e. The molecule has 0 radical (unpaired) electrons. The number of aromatic hydroxyl groups is 2. The number of hydrogen-bond acceptors (Lipinski definition) is 4. The third-order valence-electron chi connectivity index (χ3n) is 2.81. The first-order valence-corrected chi connectivity index (χ1v) is 6.52. The minimum absolute atomic E-state index is 0. The molecule has 2 aromatic rings. The molecule has 0 spiro atoms. The Kier molecular flexibility index (Phi) is 13.9. The Labute approximate surface area is 166 Å². The summed E-state index contributed by atoms with van der Waals surface area (Å²) in [5, 5.41) is 27.5. The van der Waals surface area contributed by atoms with Crippen LogP contribution in [0.1, 0.15) is 36.7 Å². The van der Waals surface area contributed by atoms with Gasteiger partial charge in [0.25, 0.3) is 0 Å². The molecule has 0 atom stereocenters. The summed E-state index contributed by atoms with van der Waals surface area (Å²) < 4.78 is 0. The molecular weight excluding hydrogens is 340 g/mol. The van der Waals surface area contributed by atoms with Gasteiger partial charge in [0, 0.05) is 5.56 Å². The number of ketones is 1. The van der Waals surface area contributed by atoms with Crippen molar-refractivity contribution in [3.8, 4) is 11.5 Å². The van der Waals surface area contributed by atoms with Crippen molar-refractivity contribution >= 4 is 28.8 Å². The van der Waals surface area contributed by atoms with Gasteiger partial charge >= 0.3 is 23.1 Å². The normalized spacial score (nSPS) is 9.17. The number of carbonyl (C=O) groups excluding carboxylic acids is 1. The van der Waals surface area contributed by atoms with E-state index < -0.39 is 5.60 Å². The second kappa shape index (κ2) is 12.1. The molecule has 0 saturated carbocycles. The minimum atomic E-state index is -0.876. The topological polar surface area (TPSA) is 77.8 Å². The maximum absolute atomic E-state index is 10.7. The number of phenolic OH excluding ortho intramolecular Hbond substituents is 2. The summed E-state index contributed by atoms with van der Waals surface area (Å²) in [6, 6.07) is 12.9. The summed E-state index contributed by atoms with van der Waals surface area (Å²) >= 11 is 0. The number of carbonyl (C=O) groups is 1. The van der Waals surface area contributed by atoms with Crippen molar-refractivity contribution in [1.29, 1.82) is 0 Å². The molecule has 0 unspecified atom stereocenters. The zero-order valence-corrected chi connectivity index (χ0v) is 16.6. The first kappa shape index (κ1) is 27.6. The van der Waals surface area contributed by atoms with Crippen LogP contribution in [0.25, 0.3) is 0 Å². The maximum atomic E-state index is 10.7. The van der Waals surface area contributed by atoms with Crippen molar-refractivity contribution in [3.05, 3.63) is 67.1 Å². The number of benzene rings is 2. The van der Waals surface area contributed by atoms with E-state index in [1.165, 1.54) is 19.1 Å². The number of halogens is 1. The molecule has 2 aromatic carbocycles. The van der Waals surface area contributed by atoms with E-state index in [0.717, 1.165) is 5.56 Å².